The van der Waals surface area contributed by atoms with Crippen molar-refractivity contribution in [1.82, 2.24) is 0 Å². The molecular formula is C13H28O5. The first kappa shape index (κ1) is 17.8. The zero-order valence-electron chi connectivity index (χ0n) is 12.0. The predicted octanol–water partition coefficient (Wildman–Crippen LogP) is 1.05. The molecule has 0 aromatic carbocycles. The van der Waals surface area contributed by atoms with Gasteiger partial charge in [0.1, 0.15) is 0 Å². The van der Waals surface area contributed by atoms with Crippen LogP contribution in [-0.2, 0) is 9.47 Å². The maximum absolute atomic E-state index is 9.44. The van der Waals surface area contributed by atoms with E-state index < -0.39 is 11.4 Å². The molecule has 0 aliphatic carbocycles. The van der Waals surface area contributed by atoms with E-state index in [2.05, 4.69) is 0 Å². The van der Waals surface area contributed by atoms with Gasteiger partial charge in [0.2, 0.25) is 0 Å². The van der Waals surface area contributed by atoms with Gasteiger partial charge in [-0.05, 0) is 47.0 Å². The molecule has 0 spiro atoms. The minimum atomic E-state index is -1.14. The molecule has 0 amide bonds. The Kier molecular flexibility index (Phi) is 7.98. The second kappa shape index (κ2) is 8.07. The summed E-state index contributed by atoms with van der Waals surface area (Å²) in [5.74, 6) is -1.14. The molecular weight excluding hydrogens is 236 g/mol. The molecule has 0 heterocycles. The highest BCUT2D eigenvalue weighted by Gasteiger charge is 2.23. The van der Waals surface area contributed by atoms with E-state index in [1.165, 1.54) is 0 Å². The summed E-state index contributed by atoms with van der Waals surface area (Å²) >= 11 is 0. The SMILES string of the molecule is CC(C)(O)OCCC(CCCO)OC(C)(C)CO. The highest BCUT2D eigenvalue weighted by Crippen LogP contribution is 2.18. The van der Waals surface area contributed by atoms with Crippen LogP contribution < -0.4 is 0 Å². The summed E-state index contributed by atoms with van der Waals surface area (Å²) in [4.78, 5) is 0. The van der Waals surface area contributed by atoms with Crippen molar-refractivity contribution in [3.05, 3.63) is 0 Å². The Balaban J connectivity index is 4.14. The van der Waals surface area contributed by atoms with Gasteiger partial charge in [-0.25, -0.2) is 0 Å². The maximum Gasteiger partial charge on any atom is 0.159 e. The molecule has 0 aliphatic heterocycles. The van der Waals surface area contributed by atoms with E-state index in [9.17, 15) is 10.2 Å². The number of rotatable bonds is 10. The summed E-state index contributed by atoms with van der Waals surface area (Å²) in [5, 5.41) is 27.5. The molecule has 3 N–H and O–H groups in total. The van der Waals surface area contributed by atoms with Gasteiger partial charge in [-0.2, -0.15) is 0 Å². The number of hydrogen-bond donors (Lipinski definition) is 3. The fourth-order valence-electron chi connectivity index (χ4n) is 1.51. The fraction of sp³-hybridized carbons (Fsp3) is 1.00. The Morgan fingerprint density at radius 2 is 1.67 bits per heavy atom. The summed E-state index contributed by atoms with van der Waals surface area (Å²) in [6.45, 7) is 7.22. The minimum Gasteiger partial charge on any atom is -0.396 e. The number of hydrogen-bond acceptors (Lipinski definition) is 5. The molecule has 1 unspecified atom stereocenters. The lowest BCUT2D eigenvalue weighted by Crippen LogP contribution is -2.35. The largest absolute Gasteiger partial charge is 0.396 e. The lowest BCUT2D eigenvalue weighted by Gasteiger charge is -2.30. The lowest BCUT2D eigenvalue weighted by atomic mass is 10.1. The monoisotopic (exact) mass is 264 g/mol. The summed E-state index contributed by atoms with van der Waals surface area (Å²) in [6, 6.07) is 0. The van der Waals surface area contributed by atoms with Crippen LogP contribution in [0.5, 0.6) is 0 Å². The Hall–Kier alpha value is -0.200. The van der Waals surface area contributed by atoms with Crippen molar-refractivity contribution < 1.29 is 24.8 Å². The Morgan fingerprint density at radius 3 is 2.11 bits per heavy atom. The second-order valence-electron chi connectivity index (χ2n) is 5.61. The van der Waals surface area contributed by atoms with E-state index in [1.807, 2.05) is 13.8 Å². The molecule has 0 aliphatic rings. The molecule has 18 heavy (non-hydrogen) atoms. The van der Waals surface area contributed by atoms with Gasteiger partial charge in [-0.15, -0.1) is 0 Å². The molecule has 0 fully saturated rings. The third-order valence-corrected chi connectivity index (χ3v) is 2.45. The predicted molar refractivity (Wildman–Crippen MR) is 69.2 cm³/mol. The van der Waals surface area contributed by atoms with Crippen molar-refractivity contribution in [3.63, 3.8) is 0 Å². The van der Waals surface area contributed by atoms with Crippen LogP contribution in [0.25, 0.3) is 0 Å². The van der Waals surface area contributed by atoms with Crippen LogP contribution in [-0.4, -0.2) is 52.6 Å². The number of aliphatic hydroxyl groups is 3. The van der Waals surface area contributed by atoms with Crippen molar-refractivity contribution in [2.45, 2.75) is 64.4 Å². The standard InChI is InChI=1S/C13H28O5/c1-12(2,10-15)18-11(6-5-8-14)7-9-17-13(3,4)16/h11,14-16H,5-10H2,1-4H3. The topological polar surface area (TPSA) is 79.2 Å². The Labute approximate surface area is 110 Å². The molecule has 0 bridgehead atoms. The highest BCUT2D eigenvalue weighted by atomic mass is 16.6. The second-order valence-corrected chi connectivity index (χ2v) is 5.61. The van der Waals surface area contributed by atoms with E-state index >= 15 is 0 Å². The third-order valence-electron chi connectivity index (χ3n) is 2.45. The zero-order chi connectivity index (χ0) is 14.2. The average molecular weight is 264 g/mol. The first-order valence-corrected chi connectivity index (χ1v) is 6.46. The van der Waals surface area contributed by atoms with Crippen LogP contribution in [0.1, 0.15) is 47.0 Å². The smallest absolute Gasteiger partial charge is 0.159 e. The van der Waals surface area contributed by atoms with E-state index in [1.54, 1.807) is 13.8 Å². The maximum atomic E-state index is 9.44. The van der Waals surface area contributed by atoms with Gasteiger partial charge >= 0.3 is 0 Å². The molecule has 0 aromatic rings. The van der Waals surface area contributed by atoms with Gasteiger partial charge in [-0.1, -0.05) is 0 Å². The van der Waals surface area contributed by atoms with E-state index in [-0.39, 0.29) is 19.3 Å². The molecule has 0 radical (unpaired) electrons. The molecule has 5 nitrogen and oxygen atoms in total. The van der Waals surface area contributed by atoms with Crippen LogP contribution in [0.15, 0.2) is 0 Å². The van der Waals surface area contributed by atoms with Crippen molar-refractivity contribution in [2.75, 3.05) is 19.8 Å². The molecule has 1 atom stereocenters. The minimum absolute atomic E-state index is 0.0605. The summed E-state index contributed by atoms with van der Waals surface area (Å²) in [5.41, 5.74) is -0.602. The van der Waals surface area contributed by atoms with E-state index in [0.717, 1.165) is 0 Å². The molecule has 0 aromatic heterocycles. The lowest BCUT2D eigenvalue weighted by molar-refractivity contribution is -0.185. The summed E-state index contributed by atoms with van der Waals surface area (Å²) in [6.07, 6.45) is 1.87. The first-order chi connectivity index (χ1) is 8.20. The van der Waals surface area contributed by atoms with Gasteiger partial charge in [0.15, 0.2) is 5.79 Å². The Bertz CT molecular complexity index is 210. The van der Waals surface area contributed by atoms with Crippen LogP contribution in [0.3, 0.4) is 0 Å². The summed E-state index contributed by atoms with van der Waals surface area (Å²) in [7, 11) is 0. The quantitative estimate of drug-likeness (QED) is 0.514. The Morgan fingerprint density at radius 1 is 1.06 bits per heavy atom. The van der Waals surface area contributed by atoms with Crippen molar-refractivity contribution in [2.24, 2.45) is 0 Å². The highest BCUT2D eigenvalue weighted by molar-refractivity contribution is 4.71. The van der Waals surface area contributed by atoms with Crippen LogP contribution >= 0.6 is 0 Å². The van der Waals surface area contributed by atoms with Crippen LogP contribution in [0.2, 0.25) is 0 Å². The molecule has 0 saturated heterocycles. The molecule has 5 heteroatoms. The van der Waals surface area contributed by atoms with E-state index in [4.69, 9.17) is 14.6 Å². The molecule has 0 saturated carbocycles. The van der Waals surface area contributed by atoms with Gasteiger partial charge in [0.05, 0.1) is 24.9 Å². The first-order valence-electron chi connectivity index (χ1n) is 6.46. The summed E-state index contributed by atoms with van der Waals surface area (Å²) < 4.78 is 11.0. The van der Waals surface area contributed by atoms with Gasteiger partial charge < -0.3 is 24.8 Å². The van der Waals surface area contributed by atoms with Gasteiger partial charge in [0, 0.05) is 6.61 Å². The normalized spacial score (nSPS) is 14.8. The van der Waals surface area contributed by atoms with E-state index in [0.29, 0.717) is 25.9 Å². The van der Waals surface area contributed by atoms with Crippen molar-refractivity contribution >= 4 is 0 Å². The van der Waals surface area contributed by atoms with Crippen LogP contribution in [0.4, 0.5) is 0 Å². The van der Waals surface area contributed by atoms with Gasteiger partial charge in [0.25, 0.3) is 0 Å². The van der Waals surface area contributed by atoms with Crippen LogP contribution in [0, 0.1) is 0 Å². The van der Waals surface area contributed by atoms with Crippen molar-refractivity contribution in [1.29, 1.82) is 0 Å². The van der Waals surface area contributed by atoms with Crippen molar-refractivity contribution in [3.8, 4) is 0 Å². The number of aliphatic hydroxyl groups excluding tert-OH is 2. The fourth-order valence-corrected chi connectivity index (χ4v) is 1.51. The van der Waals surface area contributed by atoms with Gasteiger partial charge in [-0.3, -0.25) is 0 Å². The third kappa shape index (κ3) is 9.79. The molecule has 0 rings (SSSR count). The average Bonchev–Trinajstić information content (AvgIpc) is 2.23. The molecule has 110 valence electrons. The number of ether oxygens (including phenoxy) is 2. The zero-order valence-corrected chi connectivity index (χ0v) is 12.0.